The molecule has 2 amide bonds. The van der Waals surface area contributed by atoms with Crippen LogP contribution in [-0.4, -0.2) is 59.6 Å². The SMILES string of the molecule is O=C(Nc1nc(C(=O)N2CCN(Cc3ccc4c(c3)OCO4)CC2)cs1)c1ccccc1. The number of rotatable bonds is 5. The summed E-state index contributed by atoms with van der Waals surface area (Å²) in [4.78, 5) is 33.6. The number of piperazine rings is 1. The average Bonchev–Trinajstić information content (AvgIpc) is 3.49. The van der Waals surface area contributed by atoms with Gasteiger partial charge in [-0.3, -0.25) is 19.8 Å². The molecule has 1 aromatic heterocycles. The fraction of sp³-hybridized carbons (Fsp3) is 0.261. The zero-order valence-corrected chi connectivity index (χ0v) is 18.1. The van der Waals surface area contributed by atoms with Crippen molar-refractivity contribution in [3.05, 3.63) is 70.7 Å². The van der Waals surface area contributed by atoms with Crippen molar-refractivity contribution in [1.82, 2.24) is 14.8 Å². The van der Waals surface area contributed by atoms with E-state index >= 15 is 0 Å². The van der Waals surface area contributed by atoms with Gasteiger partial charge in [-0.1, -0.05) is 24.3 Å². The molecule has 0 atom stereocenters. The minimum atomic E-state index is -0.240. The van der Waals surface area contributed by atoms with Crippen LogP contribution in [0.15, 0.2) is 53.9 Å². The highest BCUT2D eigenvalue weighted by atomic mass is 32.1. The van der Waals surface area contributed by atoms with Gasteiger partial charge in [-0.15, -0.1) is 11.3 Å². The van der Waals surface area contributed by atoms with Crippen molar-refractivity contribution >= 4 is 28.3 Å². The van der Waals surface area contributed by atoms with Gasteiger partial charge in [0.15, 0.2) is 16.6 Å². The Morgan fingerprint density at radius 1 is 1.00 bits per heavy atom. The number of amides is 2. The first-order chi connectivity index (χ1) is 15.7. The number of hydrogen-bond acceptors (Lipinski definition) is 7. The maximum Gasteiger partial charge on any atom is 0.273 e. The lowest BCUT2D eigenvalue weighted by molar-refractivity contribution is 0.0623. The van der Waals surface area contributed by atoms with Gasteiger partial charge in [0.25, 0.3) is 11.8 Å². The van der Waals surface area contributed by atoms with Gasteiger partial charge in [0.2, 0.25) is 6.79 Å². The molecular formula is C23H22N4O4S. The van der Waals surface area contributed by atoms with E-state index in [0.717, 1.165) is 36.7 Å². The van der Waals surface area contributed by atoms with E-state index in [1.165, 1.54) is 11.3 Å². The molecule has 8 nitrogen and oxygen atoms in total. The van der Waals surface area contributed by atoms with Crippen LogP contribution in [0.5, 0.6) is 11.5 Å². The summed E-state index contributed by atoms with van der Waals surface area (Å²) in [5, 5.41) is 4.88. The molecule has 0 saturated carbocycles. The number of anilines is 1. The lowest BCUT2D eigenvalue weighted by Crippen LogP contribution is -2.48. The average molecular weight is 451 g/mol. The van der Waals surface area contributed by atoms with E-state index in [1.54, 1.807) is 29.6 Å². The number of hydrogen-bond donors (Lipinski definition) is 1. The van der Waals surface area contributed by atoms with E-state index in [0.29, 0.717) is 29.5 Å². The Morgan fingerprint density at radius 2 is 1.78 bits per heavy atom. The Bertz CT molecular complexity index is 1130. The normalized spacial score (nSPS) is 15.6. The molecule has 3 aromatic rings. The summed E-state index contributed by atoms with van der Waals surface area (Å²) in [6.45, 7) is 3.89. The third-order valence-corrected chi connectivity index (χ3v) is 6.24. The standard InChI is InChI=1S/C23H22N4O4S/c28-21(17-4-2-1-3-5-17)25-23-24-18(14-32-23)22(29)27-10-8-26(9-11-27)13-16-6-7-19-20(12-16)31-15-30-19/h1-7,12,14H,8-11,13,15H2,(H,24,25,28). The Balaban J connectivity index is 1.14. The fourth-order valence-electron chi connectivity index (χ4n) is 3.76. The largest absolute Gasteiger partial charge is 0.454 e. The molecule has 1 N–H and O–H groups in total. The molecular weight excluding hydrogens is 428 g/mol. The first kappa shape index (κ1) is 20.5. The molecule has 0 spiro atoms. The van der Waals surface area contributed by atoms with Crippen LogP contribution in [0, 0.1) is 0 Å². The third-order valence-electron chi connectivity index (χ3n) is 5.48. The third kappa shape index (κ3) is 4.44. The number of nitrogens with zero attached hydrogens (tertiary/aromatic N) is 3. The first-order valence-corrected chi connectivity index (χ1v) is 11.3. The maximum absolute atomic E-state index is 12.9. The van der Waals surface area contributed by atoms with Gasteiger partial charge >= 0.3 is 0 Å². The predicted octanol–water partition coefficient (Wildman–Crippen LogP) is 3.08. The molecule has 2 aliphatic heterocycles. The van der Waals surface area contributed by atoms with Crippen molar-refractivity contribution in [2.45, 2.75) is 6.54 Å². The molecule has 3 heterocycles. The number of nitrogens with one attached hydrogen (secondary N) is 1. The van der Waals surface area contributed by atoms with E-state index in [9.17, 15) is 9.59 Å². The molecule has 32 heavy (non-hydrogen) atoms. The van der Waals surface area contributed by atoms with Gasteiger partial charge in [-0.05, 0) is 29.8 Å². The molecule has 0 bridgehead atoms. The second-order valence-corrected chi connectivity index (χ2v) is 8.47. The maximum atomic E-state index is 12.9. The molecule has 2 aliphatic rings. The fourth-order valence-corrected chi connectivity index (χ4v) is 4.44. The van der Waals surface area contributed by atoms with Crippen LogP contribution >= 0.6 is 11.3 Å². The van der Waals surface area contributed by atoms with E-state index in [4.69, 9.17) is 9.47 Å². The van der Waals surface area contributed by atoms with Crippen molar-refractivity contribution in [3.8, 4) is 11.5 Å². The van der Waals surface area contributed by atoms with Gasteiger partial charge in [-0.25, -0.2) is 4.98 Å². The second-order valence-electron chi connectivity index (χ2n) is 7.61. The Hall–Kier alpha value is -3.43. The van der Waals surface area contributed by atoms with E-state index in [-0.39, 0.29) is 18.6 Å². The summed E-state index contributed by atoms with van der Waals surface area (Å²) < 4.78 is 10.8. The van der Waals surface area contributed by atoms with Crippen LogP contribution in [0.2, 0.25) is 0 Å². The molecule has 0 aliphatic carbocycles. The second kappa shape index (κ2) is 8.97. The number of aromatic nitrogens is 1. The Labute approximate surface area is 189 Å². The molecule has 1 saturated heterocycles. The highest BCUT2D eigenvalue weighted by Gasteiger charge is 2.24. The van der Waals surface area contributed by atoms with E-state index < -0.39 is 0 Å². The predicted molar refractivity (Wildman–Crippen MR) is 120 cm³/mol. The lowest BCUT2D eigenvalue weighted by Gasteiger charge is -2.34. The highest BCUT2D eigenvalue weighted by molar-refractivity contribution is 7.14. The van der Waals surface area contributed by atoms with Gasteiger partial charge in [0.05, 0.1) is 0 Å². The van der Waals surface area contributed by atoms with Crippen molar-refractivity contribution in [2.75, 3.05) is 38.3 Å². The Morgan fingerprint density at radius 3 is 2.59 bits per heavy atom. The quantitative estimate of drug-likeness (QED) is 0.643. The van der Waals surface area contributed by atoms with Crippen molar-refractivity contribution in [1.29, 1.82) is 0 Å². The van der Waals surface area contributed by atoms with Crippen molar-refractivity contribution in [3.63, 3.8) is 0 Å². The summed E-state index contributed by atoms with van der Waals surface area (Å²) in [7, 11) is 0. The summed E-state index contributed by atoms with van der Waals surface area (Å²) in [5.41, 5.74) is 2.07. The number of ether oxygens (including phenoxy) is 2. The van der Waals surface area contributed by atoms with Gasteiger partial charge in [0, 0.05) is 43.7 Å². The molecule has 0 radical (unpaired) electrons. The van der Waals surface area contributed by atoms with Crippen LogP contribution in [0.25, 0.3) is 0 Å². The van der Waals surface area contributed by atoms with Gasteiger partial charge in [-0.2, -0.15) is 0 Å². The van der Waals surface area contributed by atoms with E-state index in [1.807, 2.05) is 29.2 Å². The number of carbonyl (C=O) groups excluding carboxylic acids is 2. The molecule has 1 fully saturated rings. The number of benzene rings is 2. The number of carbonyl (C=O) groups is 2. The van der Waals surface area contributed by atoms with Crippen LogP contribution in [-0.2, 0) is 6.54 Å². The monoisotopic (exact) mass is 450 g/mol. The van der Waals surface area contributed by atoms with Crippen molar-refractivity contribution < 1.29 is 19.1 Å². The van der Waals surface area contributed by atoms with Crippen LogP contribution in [0.4, 0.5) is 5.13 Å². The van der Waals surface area contributed by atoms with Crippen LogP contribution < -0.4 is 14.8 Å². The number of fused-ring (bicyclic) bond motifs is 1. The zero-order valence-electron chi connectivity index (χ0n) is 17.3. The van der Waals surface area contributed by atoms with Gasteiger partial charge in [0.1, 0.15) is 5.69 Å². The summed E-state index contributed by atoms with van der Waals surface area (Å²) >= 11 is 1.25. The lowest BCUT2D eigenvalue weighted by atomic mass is 10.1. The molecule has 2 aromatic carbocycles. The number of thiazole rings is 1. The highest BCUT2D eigenvalue weighted by Crippen LogP contribution is 2.32. The molecule has 9 heteroatoms. The molecule has 164 valence electrons. The smallest absolute Gasteiger partial charge is 0.273 e. The van der Waals surface area contributed by atoms with Gasteiger partial charge < -0.3 is 14.4 Å². The molecule has 5 rings (SSSR count). The Kier molecular flexibility index (Phi) is 5.74. The van der Waals surface area contributed by atoms with Crippen molar-refractivity contribution in [2.24, 2.45) is 0 Å². The van der Waals surface area contributed by atoms with Crippen LogP contribution in [0.1, 0.15) is 26.4 Å². The minimum Gasteiger partial charge on any atom is -0.454 e. The first-order valence-electron chi connectivity index (χ1n) is 10.4. The zero-order chi connectivity index (χ0) is 21.9. The summed E-state index contributed by atoms with van der Waals surface area (Å²) in [6.07, 6.45) is 0. The summed E-state index contributed by atoms with van der Waals surface area (Å²) in [6, 6.07) is 14.9. The summed E-state index contributed by atoms with van der Waals surface area (Å²) in [5.74, 6) is 1.22. The minimum absolute atomic E-state index is 0.107. The molecule has 0 unspecified atom stereocenters. The van der Waals surface area contributed by atoms with Crippen LogP contribution in [0.3, 0.4) is 0 Å². The topological polar surface area (TPSA) is 84.0 Å². The van der Waals surface area contributed by atoms with E-state index in [2.05, 4.69) is 15.2 Å².